The summed E-state index contributed by atoms with van der Waals surface area (Å²) in [6.07, 6.45) is -0.602. The predicted octanol–water partition coefficient (Wildman–Crippen LogP) is 10.1. The first kappa shape index (κ1) is 34.3. The number of ether oxygens (including phenoxy) is 1. The number of thiophene rings is 2. The Labute approximate surface area is 279 Å². The van der Waals surface area contributed by atoms with Crippen LogP contribution in [0.2, 0.25) is 10.0 Å². The van der Waals surface area contributed by atoms with Crippen molar-refractivity contribution in [3.63, 3.8) is 0 Å². The van der Waals surface area contributed by atoms with Gasteiger partial charge in [0.25, 0.3) is 0 Å². The number of carbonyl (C=O) groups is 2. The molecule has 0 aliphatic carbocycles. The molecule has 1 atom stereocenters. The molecule has 2 N–H and O–H groups in total. The molecule has 0 saturated heterocycles. The highest BCUT2D eigenvalue weighted by molar-refractivity contribution is 9.11. The quantitative estimate of drug-likeness (QED) is 0.0977. The van der Waals surface area contributed by atoms with Crippen LogP contribution in [0.15, 0.2) is 80.4 Å². The molecule has 2 aromatic carbocycles. The lowest BCUT2D eigenvalue weighted by molar-refractivity contribution is -0.0800. The number of benzene rings is 2. The third kappa shape index (κ3) is 9.68. The molecule has 42 heavy (non-hydrogen) atoms. The van der Waals surface area contributed by atoms with E-state index in [1.165, 1.54) is 11.3 Å². The molecule has 0 bridgehead atoms. The van der Waals surface area contributed by atoms with Crippen LogP contribution in [0, 0.1) is 6.92 Å². The molecule has 0 fully saturated rings. The summed E-state index contributed by atoms with van der Waals surface area (Å²) >= 11 is 21.8. The van der Waals surface area contributed by atoms with Gasteiger partial charge in [0, 0.05) is 17.7 Å². The van der Waals surface area contributed by atoms with Crippen molar-refractivity contribution in [2.75, 3.05) is 6.61 Å². The molecule has 220 valence electrons. The highest BCUT2D eigenvalue weighted by Gasteiger charge is 2.21. The number of aliphatic hydroxyl groups excluding tert-OH is 1. The first-order valence-corrected chi connectivity index (χ1v) is 16.4. The van der Waals surface area contributed by atoms with Crippen LogP contribution in [0.1, 0.15) is 39.7 Å². The number of hydrogen-bond acceptors (Lipinski definition) is 7. The maximum absolute atomic E-state index is 11.9. The van der Waals surface area contributed by atoms with Gasteiger partial charge in [0.2, 0.25) is 11.6 Å². The van der Waals surface area contributed by atoms with Crippen LogP contribution in [0.5, 0.6) is 0 Å². The van der Waals surface area contributed by atoms with Crippen molar-refractivity contribution in [2.24, 2.45) is 0 Å². The van der Waals surface area contributed by atoms with E-state index in [9.17, 15) is 9.59 Å². The minimum Gasteiger partial charge on any atom is -0.368 e. The number of carbonyl (C=O) groups excluding carboxylic acids is 2. The molecular weight excluding hydrogens is 747 g/mol. The average Bonchev–Trinajstić information content (AvgIpc) is 3.69. The normalized spacial score (nSPS) is 11.1. The topological polar surface area (TPSA) is 92.3 Å². The lowest BCUT2D eigenvalue weighted by atomic mass is 10.1. The fourth-order valence-corrected chi connectivity index (χ4v) is 6.68. The Morgan fingerprint density at radius 2 is 1.55 bits per heavy atom. The third-order valence-electron chi connectivity index (χ3n) is 5.30. The van der Waals surface area contributed by atoms with Crippen molar-refractivity contribution in [3.8, 4) is 21.8 Å². The molecule has 5 rings (SSSR count). The molecule has 3 heterocycles. The molecule has 12 heteroatoms. The summed E-state index contributed by atoms with van der Waals surface area (Å²) < 4.78 is 6.51. The Morgan fingerprint density at radius 3 is 2.07 bits per heavy atom. The Morgan fingerprint density at radius 1 is 0.929 bits per heavy atom. The van der Waals surface area contributed by atoms with Crippen LogP contribution < -0.4 is 0 Å². The highest BCUT2D eigenvalue weighted by atomic mass is 79.9. The predicted molar refractivity (Wildman–Crippen MR) is 180 cm³/mol. The number of Topliss-reactive ketones (excluding diaryl/α,β-unsaturated/α-hetero) is 2. The average molecular weight is 773 g/mol. The number of ketones is 2. The molecule has 5 aromatic rings. The van der Waals surface area contributed by atoms with Crippen LogP contribution in [-0.4, -0.2) is 39.5 Å². The fourth-order valence-electron chi connectivity index (χ4n) is 3.52. The van der Waals surface area contributed by atoms with Gasteiger partial charge in [-0.05, 0) is 95.1 Å². The third-order valence-corrected chi connectivity index (χ3v) is 9.22. The second kappa shape index (κ2) is 16.6. The summed E-state index contributed by atoms with van der Waals surface area (Å²) in [5, 5.41) is 9.34. The Balaban J connectivity index is 0.000000195. The van der Waals surface area contributed by atoms with Gasteiger partial charge in [0.05, 0.1) is 38.8 Å². The van der Waals surface area contributed by atoms with Gasteiger partial charge < -0.3 is 14.8 Å². The zero-order valence-electron chi connectivity index (χ0n) is 22.7. The molecule has 3 aromatic heterocycles. The Kier molecular flexibility index (Phi) is 13.6. The number of aryl methyl sites for hydroxylation is 1. The highest BCUT2D eigenvalue weighted by Crippen LogP contribution is 2.38. The van der Waals surface area contributed by atoms with Crippen molar-refractivity contribution in [1.29, 1.82) is 0 Å². The number of H-pyrrole nitrogens is 1. The summed E-state index contributed by atoms with van der Waals surface area (Å²) in [5.41, 5.74) is 3.11. The molecule has 0 aliphatic rings. The number of imidazole rings is 1. The summed E-state index contributed by atoms with van der Waals surface area (Å²) in [7, 11) is 0. The SMILES string of the molecule is CCOC(C)O.Cc1nc(-c2ccccc2Cl)c(-c2ccc(Br)s2)[nH]1.O=C(C(=O)c1ccccc1Cl)c1ccc(Br)s1. The van der Waals surface area contributed by atoms with Gasteiger partial charge >= 0.3 is 0 Å². The fraction of sp³-hybridized carbons (Fsp3) is 0.167. The monoisotopic (exact) mass is 770 g/mol. The van der Waals surface area contributed by atoms with Gasteiger partial charge in [-0.15, -0.1) is 22.7 Å². The maximum atomic E-state index is 11.9. The molecule has 0 amide bonds. The van der Waals surface area contributed by atoms with E-state index < -0.39 is 17.9 Å². The van der Waals surface area contributed by atoms with E-state index in [1.807, 2.05) is 44.2 Å². The van der Waals surface area contributed by atoms with Gasteiger partial charge in [-0.2, -0.15) is 0 Å². The molecule has 1 unspecified atom stereocenters. The summed E-state index contributed by atoms with van der Waals surface area (Å²) in [4.78, 5) is 33.3. The van der Waals surface area contributed by atoms with E-state index in [4.69, 9.17) is 28.3 Å². The van der Waals surface area contributed by atoms with Crippen LogP contribution >= 0.6 is 77.7 Å². The lowest BCUT2D eigenvalue weighted by Gasteiger charge is -2.03. The van der Waals surface area contributed by atoms with E-state index in [-0.39, 0.29) is 5.56 Å². The number of halogens is 4. The van der Waals surface area contributed by atoms with Gasteiger partial charge in [0.1, 0.15) is 5.82 Å². The second-order valence-corrected chi connectivity index (χ2v) is 14.2. The van der Waals surface area contributed by atoms with Crippen molar-refractivity contribution < 1.29 is 19.4 Å². The molecule has 0 aliphatic heterocycles. The van der Waals surface area contributed by atoms with Gasteiger partial charge in [-0.1, -0.05) is 53.5 Å². The van der Waals surface area contributed by atoms with E-state index >= 15 is 0 Å². The molecule has 0 spiro atoms. The summed E-state index contributed by atoms with van der Waals surface area (Å²) in [5.74, 6) is -0.229. The minimum absolute atomic E-state index is 0.240. The summed E-state index contributed by atoms with van der Waals surface area (Å²) in [6, 6.07) is 21.8. The molecule has 0 saturated carbocycles. The van der Waals surface area contributed by atoms with E-state index in [2.05, 4.69) is 52.6 Å². The van der Waals surface area contributed by atoms with Gasteiger partial charge in [-0.3, -0.25) is 9.59 Å². The van der Waals surface area contributed by atoms with E-state index in [0.29, 0.717) is 21.5 Å². The van der Waals surface area contributed by atoms with Gasteiger partial charge in [-0.25, -0.2) is 4.98 Å². The van der Waals surface area contributed by atoms with Crippen molar-refractivity contribution in [1.82, 2.24) is 9.97 Å². The van der Waals surface area contributed by atoms with Crippen molar-refractivity contribution in [2.45, 2.75) is 27.1 Å². The first-order chi connectivity index (χ1) is 20.0. The number of aromatic nitrogens is 2. The number of aliphatic hydroxyl groups is 1. The molecule has 0 radical (unpaired) electrons. The number of nitrogens with one attached hydrogen (secondary N) is 1. The maximum Gasteiger partial charge on any atom is 0.243 e. The second-order valence-electron chi connectivity index (χ2n) is 8.43. The number of nitrogens with zero attached hydrogens (tertiary/aromatic N) is 1. The number of hydrogen-bond donors (Lipinski definition) is 2. The number of rotatable bonds is 7. The minimum atomic E-state index is -0.602. The zero-order valence-corrected chi connectivity index (χ0v) is 29.0. The molecular formula is C30H26Br2Cl2N2O4S2. The van der Waals surface area contributed by atoms with Crippen LogP contribution in [0.25, 0.3) is 21.8 Å². The van der Waals surface area contributed by atoms with E-state index in [0.717, 1.165) is 35.2 Å². The van der Waals surface area contributed by atoms with Crippen LogP contribution in [-0.2, 0) is 4.74 Å². The Hall–Kier alpha value is -2.15. The van der Waals surface area contributed by atoms with Crippen molar-refractivity contribution >= 4 is 89.3 Å². The Bertz CT molecular complexity index is 1650. The van der Waals surface area contributed by atoms with Crippen molar-refractivity contribution in [3.05, 3.63) is 107 Å². The van der Waals surface area contributed by atoms with Crippen LogP contribution in [0.3, 0.4) is 0 Å². The first-order valence-electron chi connectivity index (χ1n) is 12.5. The zero-order chi connectivity index (χ0) is 30.8. The largest absolute Gasteiger partial charge is 0.368 e. The van der Waals surface area contributed by atoms with Gasteiger partial charge in [0.15, 0.2) is 6.29 Å². The lowest BCUT2D eigenvalue weighted by Crippen LogP contribution is -2.13. The molecule has 6 nitrogen and oxygen atoms in total. The summed E-state index contributed by atoms with van der Waals surface area (Å²) in [6.45, 7) is 5.96. The standard InChI is InChI=1S/C14H10BrClN2S.C12H6BrClO2S.C4H10O2/c1-8-17-13(9-4-2-3-5-10(9)16)14(18-8)11-6-7-12(15)19-11;13-10-6-5-9(17-10)12(16)11(15)7-3-1-2-4-8(7)14;1-3-6-4(2)5/h2-7H,1H3,(H,17,18);1-6H;4-5H,3H2,1-2H3. The van der Waals surface area contributed by atoms with E-state index in [1.54, 1.807) is 54.7 Å². The van der Waals surface area contributed by atoms with Crippen LogP contribution in [0.4, 0.5) is 0 Å². The smallest absolute Gasteiger partial charge is 0.243 e. The number of aromatic amines is 1.